The molecule has 0 aliphatic heterocycles. The molecule has 0 aliphatic rings. The summed E-state index contributed by atoms with van der Waals surface area (Å²) in [5, 5.41) is 6.75. The van der Waals surface area contributed by atoms with Gasteiger partial charge in [-0.3, -0.25) is 4.79 Å². The van der Waals surface area contributed by atoms with Crippen molar-refractivity contribution in [3.05, 3.63) is 78.9 Å². The molecule has 1 N–H and O–H groups in total. The summed E-state index contributed by atoms with van der Waals surface area (Å²) in [6.07, 6.45) is 0. The van der Waals surface area contributed by atoms with Gasteiger partial charge in [-0.15, -0.1) is 0 Å². The smallest absolute Gasteiger partial charge is 0.569 e. The van der Waals surface area contributed by atoms with Crippen molar-refractivity contribution < 1.29 is 39.5 Å². The van der Waals surface area contributed by atoms with E-state index in [1.165, 1.54) is 0 Å². The minimum atomic E-state index is 0. The second kappa shape index (κ2) is 9.14. The van der Waals surface area contributed by atoms with E-state index in [9.17, 15) is 4.79 Å². The maximum atomic E-state index is 11.8. The first kappa shape index (κ1) is 16.1. The average molecular weight is 236 g/mol. The first-order valence-electron chi connectivity index (χ1n) is 4.84. The number of carbonyl (C=O) groups is 1. The van der Waals surface area contributed by atoms with Gasteiger partial charge in [0.2, 0.25) is 0 Å². The SMILES string of the molecule is O=C(c1ccccc1)c1ccccc1.[CH2-]O.[Na+]. The second-order valence-electron chi connectivity index (χ2n) is 3.06. The van der Waals surface area contributed by atoms with Gasteiger partial charge >= 0.3 is 29.6 Å². The van der Waals surface area contributed by atoms with Crippen LogP contribution in [0.4, 0.5) is 0 Å². The molecule has 0 aliphatic carbocycles. The summed E-state index contributed by atoms with van der Waals surface area (Å²) in [6, 6.07) is 18.6. The molecule has 0 fully saturated rings. The normalized spacial score (nSPS) is 8.35. The van der Waals surface area contributed by atoms with Crippen LogP contribution in [0.5, 0.6) is 0 Å². The summed E-state index contributed by atoms with van der Waals surface area (Å²) < 4.78 is 0. The average Bonchev–Trinajstić information content (AvgIpc) is 2.42. The molecule has 0 aromatic heterocycles. The summed E-state index contributed by atoms with van der Waals surface area (Å²) in [6.45, 7) is 0. The van der Waals surface area contributed by atoms with Crippen LogP contribution in [0.1, 0.15) is 15.9 Å². The number of carbonyl (C=O) groups excluding carboxylic acids is 1. The number of benzene rings is 2. The molecular weight excluding hydrogens is 223 g/mol. The number of aliphatic hydroxyl groups excluding tert-OH is 1. The van der Waals surface area contributed by atoms with E-state index in [2.05, 4.69) is 7.11 Å². The maximum Gasteiger partial charge on any atom is 1.00 e. The quantitative estimate of drug-likeness (QED) is 0.455. The van der Waals surface area contributed by atoms with Crippen LogP contribution < -0.4 is 29.6 Å². The maximum absolute atomic E-state index is 11.8. The largest absolute Gasteiger partial charge is 1.00 e. The van der Waals surface area contributed by atoms with E-state index in [-0.39, 0.29) is 35.3 Å². The number of hydrogen-bond acceptors (Lipinski definition) is 2. The Labute approximate surface area is 124 Å². The Kier molecular flexibility index (Phi) is 8.64. The van der Waals surface area contributed by atoms with Crippen LogP contribution in [0.15, 0.2) is 60.7 Å². The van der Waals surface area contributed by atoms with Gasteiger partial charge < -0.3 is 5.11 Å². The summed E-state index contributed by atoms with van der Waals surface area (Å²) >= 11 is 0. The van der Waals surface area contributed by atoms with Crippen molar-refractivity contribution in [1.82, 2.24) is 0 Å². The Bertz CT molecular complexity index is 385. The van der Waals surface area contributed by atoms with Crippen molar-refractivity contribution >= 4 is 5.78 Å². The van der Waals surface area contributed by atoms with Crippen molar-refractivity contribution in [1.29, 1.82) is 0 Å². The van der Waals surface area contributed by atoms with E-state index in [0.717, 1.165) is 11.1 Å². The van der Waals surface area contributed by atoms with Gasteiger partial charge in [0.05, 0.1) is 0 Å². The third-order valence-corrected chi connectivity index (χ3v) is 2.07. The summed E-state index contributed by atoms with van der Waals surface area (Å²) in [5.41, 5.74) is 1.47. The molecule has 0 spiro atoms. The predicted molar refractivity (Wildman–Crippen MR) is 63.6 cm³/mol. The molecule has 82 valence electrons. The van der Waals surface area contributed by atoms with Gasteiger partial charge in [0.25, 0.3) is 0 Å². The van der Waals surface area contributed by atoms with Crippen LogP contribution in [0.2, 0.25) is 0 Å². The van der Waals surface area contributed by atoms with Crippen molar-refractivity contribution in [3.8, 4) is 0 Å². The predicted octanol–water partition coefficient (Wildman–Crippen LogP) is 0.0721. The van der Waals surface area contributed by atoms with E-state index in [1.807, 2.05) is 60.7 Å². The Morgan fingerprint density at radius 2 is 1.06 bits per heavy atom. The Balaban J connectivity index is 0.000000811. The van der Waals surface area contributed by atoms with Crippen LogP contribution in [-0.2, 0) is 0 Å². The fraction of sp³-hybridized carbons (Fsp3) is 0. The first-order valence-corrected chi connectivity index (χ1v) is 4.84. The number of rotatable bonds is 2. The Hall–Kier alpha value is -0.930. The first-order chi connectivity index (χ1) is 7.88. The molecular formula is C14H13NaO2. The molecule has 0 heterocycles. The zero-order chi connectivity index (χ0) is 11.8. The topological polar surface area (TPSA) is 37.3 Å². The molecule has 0 atom stereocenters. The molecule has 0 saturated heterocycles. The molecule has 2 aromatic rings. The van der Waals surface area contributed by atoms with Gasteiger partial charge in [-0.05, 0) is 0 Å². The van der Waals surface area contributed by atoms with Gasteiger partial charge in [-0.25, -0.2) is 7.11 Å². The fourth-order valence-electron chi connectivity index (χ4n) is 1.35. The standard InChI is InChI=1S/C13H10O.CH3O.Na/c14-13(11-7-3-1-4-8-11)12-9-5-2-6-10-12;1-2;/h1-10H;2H,1H2;/q;-1;+1. The van der Waals surface area contributed by atoms with Crippen molar-refractivity contribution in [3.63, 3.8) is 0 Å². The van der Waals surface area contributed by atoms with Gasteiger partial charge in [-0.2, -0.15) is 0 Å². The van der Waals surface area contributed by atoms with E-state index in [0.29, 0.717) is 0 Å². The zero-order valence-corrected chi connectivity index (χ0v) is 11.8. The molecule has 0 radical (unpaired) electrons. The van der Waals surface area contributed by atoms with Crippen LogP contribution in [0.25, 0.3) is 0 Å². The van der Waals surface area contributed by atoms with E-state index in [4.69, 9.17) is 5.11 Å². The summed E-state index contributed by atoms with van der Waals surface area (Å²) in [5.74, 6) is 0.0752. The number of ketones is 1. The third kappa shape index (κ3) is 4.84. The van der Waals surface area contributed by atoms with E-state index in [1.54, 1.807) is 0 Å². The zero-order valence-electron chi connectivity index (χ0n) is 9.84. The Morgan fingerprint density at radius 3 is 1.35 bits per heavy atom. The van der Waals surface area contributed by atoms with Crippen molar-refractivity contribution in [2.75, 3.05) is 0 Å². The van der Waals surface area contributed by atoms with Crippen molar-refractivity contribution in [2.45, 2.75) is 0 Å². The van der Waals surface area contributed by atoms with Gasteiger partial charge in [-0.1, -0.05) is 60.7 Å². The van der Waals surface area contributed by atoms with Crippen molar-refractivity contribution in [2.24, 2.45) is 0 Å². The molecule has 2 rings (SSSR count). The van der Waals surface area contributed by atoms with Crippen LogP contribution >= 0.6 is 0 Å². The third-order valence-electron chi connectivity index (χ3n) is 2.07. The second-order valence-corrected chi connectivity index (χ2v) is 3.06. The fourth-order valence-corrected chi connectivity index (χ4v) is 1.35. The van der Waals surface area contributed by atoms with E-state index < -0.39 is 0 Å². The molecule has 3 heteroatoms. The Morgan fingerprint density at radius 1 is 0.765 bits per heavy atom. The van der Waals surface area contributed by atoms with Gasteiger partial charge in [0.1, 0.15) is 0 Å². The molecule has 2 nitrogen and oxygen atoms in total. The molecule has 0 unspecified atom stereocenters. The van der Waals surface area contributed by atoms with Crippen LogP contribution in [0.3, 0.4) is 0 Å². The molecule has 2 aromatic carbocycles. The van der Waals surface area contributed by atoms with Crippen LogP contribution in [-0.4, -0.2) is 10.9 Å². The molecule has 0 amide bonds. The van der Waals surface area contributed by atoms with Gasteiger partial charge in [0, 0.05) is 11.1 Å². The molecule has 17 heavy (non-hydrogen) atoms. The number of hydrogen-bond donors (Lipinski definition) is 1. The minimum absolute atomic E-state index is 0. The number of aliphatic hydroxyl groups is 1. The monoisotopic (exact) mass is 236 g/mol. The van der Waals surface area contributed by atoms with E-state index >= 15 is 0 Å². The van der Waals surface area contributed by atoms with Gasteiger partial charge in [0.15, 0.2) is 5.78 Å². The summed E-state index contributed by atoms with van der Waals surface area (Å²) in [4.78, 5) is 11.8. The summed E-state index contributed by atoms with van der Waals surface area (Å²) in [7, 11) is 2.25. The molecule has 0 saturated carbocycles. The molecule has 0 bridgehead atoms. The van der Waals surface area contributed by atoms with Crippen LogP contribution in [0, 0.1) is 7.11 Å². The minimum Gasteiger partial charge on any atom is -0.569 e.